The lowest BCUT2D eigenvalue weighted by Crippen LogP contribution is -2.31. The minimum atomic E-state index is -3.78. The van der Waals surface area contributed by atoms with Crippen molar-refractivity contribution in [2.24, 2.45) is 0 Å². The summed E-state index contributed by atoms with van der Waals surface area (Å²) in [5.74, 6) is -0.263. The smallest absolute Gasteiger partial charge is 0.240 e. The Kier molecular flexibility index (Phi) is 28.1. The topological polar surface area (TPSA) is 212 Å². The van der Waals surface area contributed by atoms with Crippen LogP contribution in [0, 0.1) is 0 Å². The third-order valence-corrected chi connectivity index (χ3v) is 17.4. The van der Waals surface area contributed by atoms with Gasteiger partial charge in [-0.2, -0.15) is 0 Å². The van der Waals surface area contributed by atoms with Gasteiger partial charge in [-0.1, -0.05) is 83.5 Å². The number of fused-ring (bicyclic) bond motifs is 2. The van der Waals surface area contributed by atoms with Crippen LogP contribution in [0.3, 0.4) is 0 Å². The molecule has 4 aromatic rings. The summed E-state index contributed by atoms with van der Waals surface area (Å²) in [4.78, 5) is 29.1. The van der Waals surface area contributed by atoms with E-state index in [0.29, 0.717) is 138 Å². The molecule has 0 saturated heterocycles. The second-order valence-corrected chi connectivity index (χ2v) is 24.9. The van der Waals surface area contributed by atoms with Gasteiger partial charge in [0.15, 0.2) is 0 Å². The van der Waals surface area contributed by atoms with Gasteiger partial charge >= 0.3 is 0 Å². The molecule has 2 heterocycles. The Balaban J connectivity index is 0.667. The Labute approximate surface area is 492 Å². The summed E-state index contributed by atoms with van der Waals surface area (Å²) in [6.07, 6.45) is 3.96. The second-order valence-electron chi connectivity index (χ2n) is 19.6. The van der Waals surface area contributed by atoms with Gasteiger partial charge in [-0.15, -0.1) is 0 Å². The van der Waals surface area contributed by atoms with E-state index >= 15 is 0 Å². The number of ether oxygens (including phenoxy) is 6. The number of hydrogen-bond acceptors (Lipinski definition) is 14. The van der Waals surface area contributed by atoms with Gasteiger partial charge in [0.1, 0.15) is 0 Å². The molecule has 2 amide bonds. The largest absolute Gasteiger partial charge is 0.378 e. The van der Waals surface area contributed by atoms with Crippen LogP contribution in [-0.4, -0.2) is 171 Å². The molecule has 0 fully saturated rings. The summed E-state index contributed by atoms with van der Waals surface area (Å²) >= 11 is 25.7. The first-order valence-electron chi connectivity index (χ1n) is 27.0. The van der Waals surface area contributed by atoms with Gasteiger partial charge in [-0.3, -0.25) is 9.59 Å². The first kappa shape index (κ1) is 65.6. The normalized spacial score (nSPS) is 15.9. The van der Waals surface area contributed by atoms with Crippen molar-refractivity contribution in [2.75, 3.05) is 133 Å². The highest BCUT2D eigenvalue weighted by Gasteiger charge is 2.30. The summed E-state index contributed by atoms with van der Waals surface area (Å²) in [5.41, 5.74) is 5.72. The third-order valence-electron chi connectivity index (χ3n) is 13.4. The van der Waals surface area contributed by atoms with E-state index in [0.717, 1.165) is 59.1 Å². The summed E-state index contributed by atoms with van der Waals surface area (Å²) in [6.45, 7) is 7.45. The molecule has 4 aromatic carbocycles. The quantitative estimate of drug-likeness (QED) is 0.0325. The fraction of sp³-hybridized carbons (Fsp3) is 0.536. The van der Waals surface area contributed by atoms with Gasteiger partial charge in [0.05, 0.1) is 89.1 Å². The summed E-state index contributed by atoms with van der Waals surface area (Å²) in [6, 6.07) is 21.2. The first-order chi connectivity index (χ1) is 38.5. The molecule has 0 aromatic heterocycles. The second kappa shape index (κ2) is 34.3. The molecule has 2 atom stereocenters. The van der Waals surface area contributed by atoms with Crippen LogP contribution in [0.5, 0.6) is 0 Å². The highest BCUT2D eigenvalue weighted by atomic mass is 35.5. The SMILES string of the molecule is CN1Cc2c(Cl)cc(Cl)cc2C(c2cccc(S(=O)(=O)NCCOCCOCCOCCNC(=O)CCCCCCC(=O)NCCOCCOCCOCCNS(=O)(=O)c3cccc(C4CN(C)Cc5c(Cl)cc(Cl)cc54)c3)c2)C1. The van der Waals surface area contributed by atoms with Gasteiger partial charge < -0.3 is 48.9 Å². The van der Waals surface area contributed by atoms with E-state index in [1.54, 1.807) is 48.5 Å². The summed E-state index contributed by atoms with van der Waals surface area (Å²) < 4.78 is 91.0. The molecule has 6 rings (SSSR count). The minimum Gasteiger partial charge on any atom is -0.378 e. The molecule has 18 nitrogen and oxygen atoms in total. The number of nitrogens with one attached hydrogen (secondary N) is 4. The number of nitrogens with zero attached hydrogens (tertiary/aromatic N) is 2. The highest BCUT2D eigenvalue weighted by molar-refractivity contribution is 7.89. The van der Waals surface area contributed by atoms with E-state index in [2.05, 4.69) is 29.9 Å². The number of likely N-dealkylation sites (N-methyl/N-ethyl adjacent to an activating group) is 2. The number of carbonyl (C=O) groups excluding carboxylic acids is 2. The van der Waals surface area contributed by atoms with Gasteiger partial charge in [0, 0.05) is 97.1 Å². The Morgan fingerprint density at radius 1 is 0.487 bits per heavy atom. The maximum Gasteiger partial charge on any atom is 0.240 e. The van der Waals surface area contributed by atoms with E-state index in [-0.39, 0.29) is 59.7 Å². The lowest BCUT2D eigenvalue weighted by molar-refractivity contribution is -0.122. The number of halogens is 4. The van der Waals surface area contributed by atoms with Gasteiger partial charge in [-0.25, -0.2) is 26.3 Å². The van der Waals surface area contributed by atoms with Gasteiger partial charge in [-0.05, 0) is 109 Å². The molecular weight excluding hydrogens is 1150 g/mol. The molecule has 0 aliphatic carbocycles. The van der Waals surface area contributed by atoms with Crippen molar-refractivity contribution in [1.29, 1.82) is 0 Å². The zero-order valence-electron chi connectivity index (χ0n) is 45.6. The number of benzene rings is 4. The monoisotopic (exact) mass is 1230 g/mol. The van der Waals surface area contributed by atoms with Crippen LogP contribution in [0.4, 0.5) is 0 Å². The predicted molar refractivity (Wildman–Crippen MR) is 311 cm³/mol. The number of sulfonamides is 2. The van der Waals surface area contributed by atoms with Crippen molar-refractivity contribution in [3.63, 3.8) is 0 Å². The van der Waals surface area contributed by atoms with Gasteiger partial charge in [0.25, 0.3) is 0 Å². The Morgan fingerprint density at radius 2 is 0.838 bits per heavy atom. The van der Waals surface area contributed by atoms with E-state index in [1.807, 2.05) is 38.4 Å². The predicted octanol–water partition coefficient (Wildman–Crippen LogP) is 7.38. The van der Waals surface area contributed by atoms with E-state index in [1.165, 1.54) is 0 Å². The Bertz CT molecular complexity index is 2650. The fourth-order valence-corrected chi connectivity index (χ4v) is 12.7. The Hall–Kier alpha value is -3.52. The number of hydrogen-bond donors (Lipinski definition) is 4. The molecule has 24 heteroatoms. The van der Waals surface area contributed by atoms with Crippen LogP contribution in [0.1, 0.15) is 83.7 Å². The number of rotatable bonds is 37. The first-order valence-corrected chi connectivity index (χ1v) is 31.5. The van der Waals surface area contributed by atoms with Crippen molar-refractivity contribution in [3.05, 3.63) is 126 Å². The van der Waals surface area contributed by atoms with E-state index < -0.39 is 20.0 Å². The third kappa shape index (κ3) is 21.9. The van der Waals surface area contributed by atoms with Gasteiger partial charge in [0.2, 0.25) is 31.9 Å². The van der Waals surface area contributed by atoms with Crippen LogP contribution in [0.25, 0.3) is 0 Å². The van der Waals surface area contributed by atoms with Crippen molar-refractivity contribution in [2.45, 2.75) is 73.2 Å². The number of unbranched alkanes of at least 4 members (excludes halogenated alkanes) is 3. The van der Waals surface area contributed by atoms with Crippen molar-refractivity contribution in [1.82, 2.24) is 29.9 Å². The maximum atomic E-state index is 13.1. The zero-order chi connectivity index (χ0) is 57.3. The molecule has 0 spiro atoms. The van der Waals surface area contributed by atoms with Crippen LogP contribution >= 0.6 is 46.4 Å². The highest BCUT2D eigenvalue weighted by Crippen LogP contribution is 2.40. The number of carbonyl (C=O) groups is 2. The molecule has 442 valence electrons. The zero-order valence-corrected chi connectivity index (χ0v) is 50.2. The summed E-state index contributed by atoms with van der Waals surface area (Å²) in [7, 11) is -3.54. The lowest BCUT2D eigenvalue weighted by atomic mass is 9.85. The van der Waals surface area contributed by atoms with Crippen LogP contribution < -0.4 is 20.1 Å². The number of amides is 2. The maximum absolute atomic E-state index is 13.1. The molecule has 2 aliphatic rings. The van der Waals surface area contributed by atoms with Crippen LogP contribution in [0.15, 0.2) is 82.6 Å². The van der Waals surface area contributed by atoms with Crippen molar-refractivity contribution in [3.8, 4) is 0 Å². The fourth-order valence-electron chi connectivity index (χ4n) is 9.43. The molecular formula is C56H76Cl4N6O12S2. The molecule has 80 heavy (non-hydrogen) atoms. The molecule has 2 unspecified atom stereocenters. The molecule has 0 saturated carbocycles. The van der Waals surface area contributed by atoms with Crippen molar-refractivity contribution < 1.29 is 54.8 Å². The van der Waals surface area contributed by atoms with E-state index in [4.69, 9.17) is 74.8 Å². The molecule has 2 aliphatic heterocycles. The van der Waals surface area contributed by atoms with Crippen LogP contribution in [0.2, 0.25) is 20.1 Å². The minimum absolute atomic E-state index is 0.0457. The molecule has 4 N–H and O–H groups in total. The average molecular weight is 1230 g/mol. The molecule has 0 radical (unpaired) electrons. The Morgan fingerprint density at radius 3 is 1.21 bits per heavy atom. The van der Waals surface area contributed by atoms with Crippen LogP contribution in [-0.2, 0) is 71.1 Å². The standard InChI is InChI=1S/C56H76Cl4N6O12S2/c1-65-37-49(47-33-43(57)35-53(59)51(47)39-65)41-9-7-11-45(31-41)79(69,70)63-17-21-75-25-29-77-27-23-73-19-15-61-55(67)13-5-3-4-6-14-56(68)62-16-20-74-24-28-78-30-26-76-22-18-64-80(71,72)46-12-8-10-42(32-46)50-38-66(2)40-52-48(50)34-44(58)36-54(52)60/h7-12,31-36,49-50,63-64H,3-6,13-30,37-40H2,1-2H3,(H,61,67)(H,62,68). The van der Waals surface area contributed by atoms with E-state index in [9.17, 15) is 26.4 Å². The average Bonchev–Trinajstić information content (AvgIpc) is 3.48. The van der Waals surface area contributed by atoms with Crippen molar-refractivity contribution >= 4 is 78.3 Å². The molecule has 0 bridgehead atoms. The lowest BCUT2D eigenvalue weighted by Gasteiger charge is -2.33. The summed E-state index contributed by atoms with van der Waals surface area (Å²) in [5, 5.41) is 7.99.